The topological polar surface area (TPSA) is 99.0 Å². The van der Waals surface area contributed by atoms with Crippen molar-refractivity contribution in [3.8, 4) is 0 Å². The van der Waals surface area contributed by atoms with Crippen LogP contribution in [-0.2, 0) is 24.4 Å². The van der Waals surface area contributed by atoms with Crippen molar-refractivity contribution in [2.45, 2.75) is 52.8 Å². The maximum Gasteiger partial charge on any atom is 0.339 e. The van der Waals surface area contributed by atoms with Crippen molar-refractivity contribution in [3.63, 3.8) is 0 Å². The van der Waals surface area contributed by atoms with Crippen molar-refractivity contribution in [3.05, 3.63) is 74.7 Å². The minimum absolute atomic E-state index is 0.0991. The van der Waals surface area contributed by atoms with Gasteiger partial charge in [-0.1, -0.05) is 56.7 Å². The summed E-state index contributed by atoms with van der Waals surface area (Å²) in [4.78, 5) is 44.8. The zero-order chi connectivity index (χ0) is 22.7. The number of carbonyl (C=O) groups excluding carboxylic acids is 1. The van der Waals surface area contributed by atoms with Gasteiger partial charge in [-0.15, -0.1) is 0 Å². The molecule has 0 spiro atoms. The molecule has 2 aromatic carbocycles. The Hall–Kier alpha value is -3.68. The summed E-state index contributed by atoms with van der Waals surface area (Å²) in [5.41, 5.74) is 0.177. The summed E-state index contributed by atoms with van der Waals surface area (Å²) >= 11 is 0. The fraction of sp³-hybridized carbons (Fsp3) is 0.333. The van der Waals surface area contributed by atoms with E-state index in [0.29, 0.717) is 35.6 Å². The number of fused-ring (bicyclic) bond motifs is 2. The number of benzene rings is 2. The summed E-state index contributed by atoms with van der Waals surface area (Å²) in [6, 6.07) is 13.1. The van der Waals surface area contributed by atoms with Crippen LogP contribution in [0.15, 0.2) is 52.1 Å². The summed E-state index contributed by atoms with van der Waals surface area (Å²) in [7, 11) is 0. The minimum Gasteiger partial charge on any atom is -0.454 e. The number of rotatable bonds is 8. The molecule has 0 aliphatic carbocycles. The van der Waals surface area contributed by atoms with Gasteiger partial charge in [-0.05, 0) is 29.7 Å². The molecular formula is C24H26N4O4. The Morgan fingerprint density at radius 2 is 1.78 bits per heavy atom. The molecule has 2 heterocycles. The van der Waals surface area contributed by atoms with Crippen molar-refractivity contribution in [2.75, 3.05) is 0 Å². The molecule has 4 rings (SSSR count). The van der Waals surface area contributed by atoms with Gasteiger partial charge in [0, 0.05) is 13.1 Å². The maximum atomic E-state index is 12.9. The van der Waals surface area contributed by atoms with Crippen LogP contribution in [0, 0.1) is 0 Å². The van der Waals surface area contributed by atoms with Gasteiger partial charge in [0.1, 0.15) is 12.4 Å². The number of aromatic amines is 1. The number of unbranched alkanes of at least 4 members (excludes halogenated alkanes) is 1. The van der Waals surface area contributed by atoms with E-state index in [4.69, 9.17) is 4.74 Å². The molecule has 0 unspecified atom stereocenters. The molecule has 0 aliphatic rings. The summed E-state index contributed by atoms with van der Waals surface area (Å²) in [5, 5.41) is 1.76. The Morgan fingerprint density at radius 3 is 2.56 bits per heavy atom. The van der Waals surface area contributed by atoms with Crippen LogP contribution >= 0.6 is 0 Å². The molecule has 32 heavy (non-hydrogen) atoms. The van der Waals surface area contributed by atoms with Crippen LogP contribution in [0.5, 0.6) is 0 Å². The van der Waals surface area contributed by atoms with Crippen LogP contribution in [0.1, 0.15) is 49.3 Å². The molecule has 0 fully saturated rings. The first-order chi connectivity index (χ1) is 15.5. The molecule has 4 aromatic rings. The second kappa shape index (κ2) is 9.21. The highest BCUT2D eigenvalue weighted by molar-refractivity contribution is 6.04. The molecule has 0 atom stereocenters. The van der Waals surface area contributed by atoms with E-state index in [1.807, 2.05) is 50.2 Å². The Labute approximate surface area is 184 Å². The van der Waals surface area contributed by atoms with Gasteiger partial charge in [-0.2, -0.15) is 0 Å². The number of nitrogens with zero attached hydrogens (tertiary/aromatic N) is 3. The van der Waals surface area contributed by atoms with E-state index in [-0.39, 0.29) is 6.61 Å². The van der Waals surface area contributed by atoms with Gasteiger partial charge in [0.2, 0.25) is 0 Å². The fourth-order valence-corrected chi connectivity index (χ4v) is 3.93. The lowest BCUT2D eigenvalue weighted by molar-refractivity contribution is 0.0461. The lowest BCUT2D eigenvalue weighted by Crippen LogP contribution is -2.31. The van der Waals surface area contributed by atoms with Crippen LogP contribution in [0.4, 0.5) is 0 Å². The van der Waals surface area contributed by atoms with Gasteiger partial charge in [-0.25, -0.2) is 14.6 Å². The van der Waals surface area contributed by atoms with Gasteiger partial charge in [0.25, 0.3) is 5.56 Å². The van der Waals surface area contributed by atoms with E-state index in [2.05, 4.69) is 9.97 Å². The second-order valence-corrected chi connectivity index (χ2v) is 7.72. The number of imidazole rings is 1. The first-order valence-corrected chi connectivity index (χ1v) is 10.9. The molecule has 0 saturated heterocycles. The van der Waals surface area contributed by atoms with E-state index >= 15 is 0 Å². The maximum absolute atomic E-state index is 12.9. The monoisotopic (exact) mass is 434 g/mol. The van der Waals surface area contributed by atoms with Crippen LogP contribution in [0.25, 0.3) is 21.9 Å². The van der Waals surface area contributed by atoms with Crippen molar-refractivity contribution in [2.24, 2.45) is 0 Å². The van der Waals surface area contributed by atoms with Crippen molar-refractivity contribution in [1.29, 1.82) is 0 Å². The first-order valence-electron chi connectivity index (χ1n) is 10.9. The summed E-state index contributed by atoms with van der Waals surface area (Å²) in [5.74, 6) is -0.0222. The number of carbonyl (C=O) groups is 1. The molecule has 0 radical (unpaired) electrons. The summed E-state index contributed by atoms with van der Waals surface area (Å²) in [6.07, 6.45) is 2.44. The number of nitrogens with one attached hydrogen (secondary N) is 1. The third-order valence-corrected chi connectivity index (χ3v) is 5.49. The van der Waals surface area contributed by atoms with Crippen LogP contribution in [-0.4, -0.2) is 25.1 Å². The SMILES string of the molecule is CCCCn1c(=O)[nH]c(=O)c2c1nc(COC(=O)c1cccc3ccccc13)n2CCC. The van der Waals surface area contributed by atoms with E-state index < -0.39 is 17.2 Å². The van der Waals surface area contributed by atoms with E-state index in [0.717, 1.165) is 30.0 Å². The Kier molecular flexibility index (Phi) is 6.20. The van der Waals surface area contributed by atoms with E-state index in [1.54, 1.807) is 10.6 Å². The second-order valence-electron chi connectivity index (χ2n) is 7.72. The van der Waals surface area contributed by atoms with Gasteiger partial charge in [0.05, 0.1) is 5.56 Å². The third kappa shape index (κ3) is 3.95. The molecule has 0 amide bonds. The molecule has 8 nitrogen and oxygen atoms in total. The number of H-pyrrole nitrogens is 1. The first kappa shape index (κ1) is 21.5. The molecular weight excluding hydrogens is 408 g/mol. The van der Waals surface area contributed by atoms with Crippen LogP contribution in [0.3, 0.4) is 0 Å². The quantitative estimate of drug-likeness (QED) is 0.427. The van der Waals surface area contributed by atoms with Crippen molar-refractivity contribution < 1.29 is 9.53 Å². The van der Waals surface area contributed by atoms with Gasteiger partial charge in [0.15, 0.2) is 11.2 Å². The molecule has 0 saturated carbocycles. The lowest BCUT2D eigenvalue weighted by atomic mass is 10.1. The molecule has 0 aliphatic heterocycles. The van der Waals surface area contributed by atoms with Crippen LogP contribution < -0.4 is 11.2 Å². The predicted molar refractivity (Wildman–Crippen MR) is 123 cm³/mol. The van der Waals surface area contributed by atoms with Gasteiger partial charge in [-0.3, -0.25) is 14.3 Å². The zero-order valence-corrected chi connectivity index (χ0v) is 18.3. The number of aryl methyl sites for hydroxylation is 2. The lowest BCUT2D eigenvalue weighted by Gasteiger charge is -2.09. The van der Waals surface area contributed by atoms with Gasteiger partial charge >= 0.3 is 11.7 Å². The summed E-state index contributed by atoms with van der Waals surface area (Å²) < 4.78 is 8.84. The van der Waals surface area contributed by atoms with E-state index in [1.165, 1.54) is 4.57 Å². The summed E-state index contributed by atoms with van der Waals surface area (Å²) in [6.45, 7) is 4.90. The Bertz CT molecular complexity index is 1390. The Balaban J connectivity index is 1.71. The molecule has 166 valence electrons. The smallest absolute Gasteiger partial charge is 0.339 e. The van der Waals surface area contributed by atoms with E-state index in [9.17, 15) is 14.4 Å². The average Bonchev–Trinajstić information content (AvgIpc) is 3.15. The van der Waals surface area contributed by atoms with Crippen molar-refractivity contribution >= 4 is 27.9 Å². The number of aromatic nitrogens is 4. The zero-order valence-electron chi connectivity index (χ0n) is 18.3. The number of ether oxygens (including phenoxy) is 1. The molecule has 1 N–H and O–H groups in total. The third-order valence-electron chi connectivity index (χ3n) is 5.49. The highest BCUT2D eigenvalue weighted by Crippen LogP contribution is 2.20. The highest BCUT2D eigenvalue weighted by Gasteiger charge is 2.20. The standard InChI is InChI=1S/C24H26N4O4/c1-3-5-14-28-21-20(22(29)26-24(28)31)27(13-4-2)19(25-21)15-32-23(30)18-12-8-10-16-9-6-7-11-17(16)18/h6-12H,3-5,13-15H2,1-2H3,(H,26,29,31). The normalized spacial score (nSPS) is 11.3. The molecule has 0 bridgehead atoms. The highest BCUT2D eigenvalue weighted by atomic mass is 16.5. The Morgan fingerprint density at radius 1 is 1.00 bits per heavy atom. The molecule has 2 aromatic heterocycles. The average molecular weight is 434 g/mol. The van der Waals surface area contributed by atoms with Gasteiger partial charge < -0.3 is 9.30 Å². The number of hydrogen-bond acceptors (Lipinski definition) is 5. The molecule has 8 heteroatoms. The number of esters is 1. The van der Waals surface area contributed by atoms with Crippen molar-refractivity contribution in [1.82, 2.24) is 19.1 Å². The largest absolute Gasteiger partial charge is 0.454 e. The fourth-order valence-electron chi connectivity index (χ4n) is 3.93. The number of hydrogen-bond donors (Lipinski definition) is 1. The van der Waals surface area contributed by atoms with Crippen LogP contribution in [0.2, 0.25) is 0 Å². The predicted octanol–water partition coefficient (Wildman–Crippen LogP) is 3.61. The minimum atomic E-state index is -0.481.